The van der Waals surface area contributed by atoms with Crippen molar-refractivity contribution in [3.05, 3.63) is 28.6 Å². The lowest BCUT2D eigenvalue weighted by atomic mass is 10.1. The maximum atomic E-state index is 11.9. The van der Waals surface area contributed by atoms with Gasteiger partial charge in [0.25, 0.3) is 5.91 Å². The highest BCUT2D eigenvalue weighted by atomic mass is 16.1. The highest BCUT2D eigenvalue weighted by Crippen LogP contribution is 2.18. The van der Waals surface area contributed by atoms with Crippen LogP contribution in [0, 0.1) is 25.2 Å². The highest BCUT2D eigenvalue weighted by Gasteiger charge is 2.13. The maximum absolute atomic E-state index is 11.9. The van der Waals surface area contributed by atoms with Crippen LogP contribution < -0.4 is 5.32 Å². The lowest BCUT2D eigenvalue weighted by Gasteiger charge is -2.08. The van der Waals surface area contributed by atoms with E-state index in [2.05, 4.69) is 16.8 Å². The molecule has 1 amide bonds. The van der Waals surface area contributed by atoms with Gasteiger partial charge in [-0.2, -0.15) is 5.26 Å². The van der Waals surface area contributed by atoms with Crippen molar-refractivity contribution in [2.75, 3.05) is 0 Å². The molecule has 0 atom stereocenters. The largest absolute Gasteiger partial charge is 0.349 e. The average molecular weight is 273 g/mol. The number of aromatic nitrogens is 1. The number of hydrogen-bond acceptors (Lipinski definition) is 2. The Balaban J connectivity index is 3.11. The molecule has 20 heavy (non-hydrogen) atoms. The number of carbonyl (C=O) groups excluding carboxylic acids is 1. The summed E-state index contributed by atoms with van der Waals surface area (Å²) in [7, 11) is 0. The van der Waals surface area contributed by atoms with Gasteiger partial charge < -0.3 is 9.88 Å². The van der Waals surface area contributed by atoms with Crippen LogP contribution in [0.2, 0.25) is 0 Å². The molecule has 1 aromatic heterocycles. The quantitative estimate of drug-likeness (QED) is 0.662. The van der Waals surface area contributed by atoms with Crippen molar-refractivity contribution in [1.82, 2.24) is 9.88 Å². The molecule has 4 heteroatoms. The van der Waals surface area contributed by atoms with E-state index >= 15 is 0 Å². The van der Waals surface area contributed by atoms with Crippen LogP contribution in [0.5, 0.6) is 0 Å². The first kappa shape index (κ1) is 16.0. The van der Waals surface area contributed by atoms with Crippen molar-refractivity contribution in [1.29, 1.82) is 5.26 Å². The minimum absolute atomic E-state index is 0.0202. The third-order valence-electron chi connectivity index (χ3n) is 3.14. The Hall–Kier alpha value is -2.02. The average Bonchev–Trinajstić information content (AvgIpc) is 2.63. The van der Waals surface area contributed by atoms with E-state index in [0.29, 0.717) is 0 Å². The third-order valence-corrected chi connectivity index (χ3v) is 3.14. The smallest absolute Gasteiger partial charge is 0.262 e. The second-order valence-corrected chi connectivity index (χ2v) is 5.28. The van der Waals surface area contributed by atoms with Crippen LogP contribution in [0.4, 0.5) is 0 Å². The molecule has 0 spiro atoms. The minimum Gasteiger partial charge on any atom is -0.349 e. The molecular formula is C16H23N3O. The molecular weight excluding hydrogens is 250 g/mol. The molecule has 4 nitrogen and oxygen atoms in total. The van der Waals surface area contributed by atoms with E-state index in [1.165, 1.54) is 0 Å². The van der Waals surface area contributed by atoms with E-state index < -0.39 is 0 Å². The molecule has 1 heterocycles. The first-order valence-corrected chi connectivity index (χ1v) is 7.00. The van der Waals surface area contributed by atoms with E-state index in [4.69, 9.17) is 5.26 Å². The Kier molecular flexibility index (Phi) is 5.57. The van der Waals surface area contributed by atoms with Gasteiger partial charge in [-0.15, -0.1) is 0 Å². The fourth-order valence-electron chi connectivity index (χ4n) is 2.19. The standard InChI is InChI=1S/C16H23N3O/c1-6-7-19-12(4)8-14(13(19)5)9-15(10-17)16(20)18-11(2)3/h8-9,11H,6-7H2,1-5H3,(H,18,20)/b15-9+. The van der Waals surface area contributed by atoms with Crippen molar-refractivity contribution >= 4 is 12.0 Å². The summed E-state index contributed by atoms with van der Waals surface area (Å²) in [6, 6.07) is 4.02. The molecule has 0 aliphatic heterocycles. The number of carbonyl (C=O) groups is 1. The zero-order valence-electron chi connectivity index (χ0n) is 12.9. The van der Waals surface area contributed by atoms with E-state index in [0.717, 1.165) is 29.9 Å². The second-order valence-electron chi connectivity index (χ2n) is 5.28. The van der Waals surface area contributed by atoms with Gasteiger partial charge in [-0.25, -0.2) is 0 Å². The van der Waals surface area contributed by atoms with Gasteiger partial charge in [0.15, 0.2) is 0 Å². The van der Waals surface area contributed by atoms with Gasteiger partial charge in [-0.1, -0.05) is 6.92 Å². The van der Waals surface area contributed by atoms with Crippen molar-refractivity contribution in [2.24, 2.45) is 0 Å². The molecule has 0 saturated carbocycles. The monoisotopic (exact) mass is 273 g/mol. The van der Waals surface area contributed by atoms with Gasteiger partial charge in [-0.05, 0) is 51.8 Å². The predicted molar refractivity (Wildman–Crippen MR) is 81.1 cm³/mol. The number of amides is 1. The third kappa shape index (κ3) is 3.74. The van der Waals surface area contributed by atoms with Crippen molar-refractivity contribution in [3.63, 3.8) is 0 Å². The molecule has 0 aliphatic carbocycles. The minimum atomic E-state index is -0.317. The second kappa shape index (κ2) is 6.95. The molecule has 1 N–H and O–H groups in total. The molecule has 0 aromatic carbocycles. The zero-order valence-corrected chi connectivity index (χ0v) is 12.9. The summed E-state index contributed by atoms with van der Waals surface area (Å²) in [5, 5.41) is 11.9. The van der Waals surface area contributed by atoms with Crippen LogP contribution in [-0.2, 0) is 11.3 Å². The number of nitriles is 1. The first-order valence-electron chi connectivity index (χ1n) is 7.00. The summed E-state index contributed by atoms with van der Waals surface area (Å²) >= 11 is 0. The van der Waals surface area contributed by atoms with Gasteiger partial charge in [0, 0.05) is 24.0 Å². The van der Waals surface area contributed by atoms with Crippen molar-refractivity contribution in [2.45, 2.75) is 53.6 Å². The van der Waals surface area contributed by atoms with Crippen molar-refractivity contribution in [3.8, 4) is 6.07 Å². The van der Waals surface area contributed by atoms with Gasteiger partial charge in [0.1, 0.15) is 11.6 Å². The highest BCUT2D eigenvalue weighted by molar-refractivity contribution is 6.01. The molecule has 0 bridgehead atoms. The van der Waals surface area contributed by atoms with Gasteiger partial charge >= 0.3 is 0 Å². The zero-order chi connectivity index (χ0) is 15.3. The SMILES string of the molecule is CCCn1c(C)cc(/C=C(\C#N)C(=O)NC(C)C)c1C. The number of nitrogens with zero attached hydrogens (tertiary/aromatic N) is 2. The van der Waals surface area contributed by atoms with Gasteiger partial charge in [-0.3, -0.25) is 4.79 Å². The lowest BCUT2D eigenvalue weighted by Crippen LogP contribution is -2.30. The summed E-state index contributed by atoms with van der Waals surface area (Å²) < 4.78 is 2.21. The number of hydrogen-bond donors (Lipinski definition) is 1. The summed E-state index contributed by atoms with van der Waals surface area (Å²) in [6.45, 7) is 10.9. The van der Waals surface area contributed by atoms with Crippen LogP contribution in [0.3, 0.4) is 0 Å². The number of nitrogens with one attached hydrogen (secondary N) is 1. The fraction of sp³-hybridized carbons (Fsp3) is 0.500. The van der Waals surface area contributed by atoms with Crippen molar-refractivity contribution < 1.29 is 4.79 Å². The normalized spacial score (nSPS) is 11.6. The molecule has 108 valence electrons. The lowest BCUT2D eigenvalue weighted by molar-refractivity contribution is -0.117. The number of rotatable bonds is 5. The molecule has 1 rings (SSSR count). The Morgan fingerprint density at radius 3 is 2.65 bits per heavy atom. The first-order chi connectivity index (χ1) is 9.40. The van der Waals surface area contributed by atoms with E-state index in [9.17, 15) is 4.79 Å². The summed E-state index contributed by atoms with van der Waals surface area (Å²) in [4.78, 5) is 11.9. The van der Waals surface area contributed by atoms with Gasteiger partial charge in [0.05, 0.1) is 0 Å². The van der Waals surface area contributed by atoms with E-state index in [-0.39, 0.29) is 17.5 Å². The predicted octanol–water partition coefficient (Wildman–Crippen LogP) is 2.95. The Labute approximate surface area is 121 Å². The fourth-order valence-corrected chi connectivity index (χ4v) is 2.19. The van der Waals surface area contributed by atoms with Crippen LogP contribution in [-0.4, -0.2) is 16.5 Å². The maximum Gasteiger partial charge on any atom is 0.262 e. The Morgan fingerprint density at radius 2 is 2.15 bits per heavy atom. The van der Waals surface area contributed by atoms with E-state index in [1.54, 1.807) is 6.08 Å². The Bertz CT molecular complexity index is 559. The van der Waals surface area contributed by atoms with Crippen LogP contribution >= 0.6 is 0 Å². The van der Waals surface area contributed by atoms with Crippen LogP contribution in [0.15, 0.2) is 11.6 Å². The molecule has 0 saturated heterocycles. The van der Waals surface area contributed by atoms with E-state index in [1.807, 2.05) is 39.8 Å². The molecule has 1 aromatic rings. The summed E-state index contributed by atoms with van der Waals surface area (Å²) in [5.41, 5.74) is 3.33. The molecule has 0 unspecified atom stereocenters. The molecule has 0 aliphatic rings. The Morgan fingerprint density at radius 1 is 1.50 bits per heavy atom. The van der Waals surface area contributed by atoms with Crippen LogP contribution in [0.1, 0.15) is 44.1 Å². The van der Waals surface area contributed by atoms with Crippen LogP contribution in [0.25, 0.3) is 6.08 Å². The molecule has 0 radical (unpaired) electrons. The topological polar surface area (TPSA) is 57.8 Å². The summed E-state index contributed by atoms with van der Waals surface area (Å²) in [6.07, 6.45) is 2.73. The number of aryl methyl sites for hydroxylation is 1. The molecule has 0 fully saturated rings. The summed E-state index contributed by atoms with van der Waals surface area (Å²) in [5.74, 6) is -0.317. The van der Waals surface area contributed by atoms with Gasteiger partial charge in [0.2, 0.25) is 0 Å².